The molecule has 0 saturated carbocycles. The first kappa shape index (κ1) is 13.4. The van der Waals surface area contributed by atoms with Crippen LogP contribution in [0.3, 0.4) is 0 Å². The van der Waals surface area contributed by atoms with Crippen molar-refractivity contribution in [1.82, 2.24) is 9.55 Å². The van der Waals surface area contributed by atoms with Crippen molar-refractivity contribution in [3.8, 4) is 10.7 Å². The maximum absolute atomic E-state index is 13.4. The van der Waals surface area contributed by atoms with E-state index in [1.807, 2.05) is 17.5 Å². The Morgan fingerprint density at radius 3 is 2.95 bits per heavy atom. The topological polar surface area (TPSA) is 61.0 Å². The summed E-state index contributed by atoms with van der Waals surface area (Å²) in [5.41, 5.74) is 0.220. The van der Waals surface area contributed by atoms with Crippen LogP contribution in [-0.2, 0) is 6.54 Å². The minimum absolute atomic E-state index is 0.0952. The molecule has 106 valence electrons. The summed E-state index contributed by atoms with van der Waals surface area (Å²) in [7, 11) is 0. The summed E-state index contributed by atoms with van der Waals surface area (Å²) in [5.74, 6) is 0.219. The van der Waals surface area contributed by atoms with Gasteiger partial charge in [0, 0.05) is 18.5 Å². The fraction of sp³-hybridized carbons (Fsp3) is 0.0714. The number of hydrogen-bond acceptors (Lipinski definition) is 4. The number of thiophene rings is 1. The Bertz CT molecular complexity index is 783. The normalized spacial score (nSPS) is 10.7. The van der Waals surface area contributed by atoms with Crippen molar-refractivity contribution in [2.75, 3.05) is 0 Å². The van der Waals surface area contributed by atoms with Gasteiger partial charge in [-0.3, -0.25) is 10.1 Å². The lowest BCUT2D eigenvalue weighted by molar-refractivity contribution is -0.385. The van der Waals surface area contributed by atoms with Crippen LogP contribution in [0.2, 0.25) is 0 Å². The lowest BCUT2D eigenvalue weighted by Crippen LogP contribution is -2.04. The van der Waals surface area contributed by atoms with E-state index in [1.54, 1.807) is 17.0 Å². The Balaban J connectivity index is 2.00. The molecule has 2 heterocycles. The number of benzene rings is 1. The first-order valence-electron chi connectivity index (χ1n) is 6.13. The van der Waals surface area contributed by atoms with Gasteiger partial charge in [0.25, 0.3) is 5.69 Å². The molecule has 3 aromatic rings. The van der Waals surface area contributed by atoms with E-state index in [-0.39, 0.29) is 12.2 Å². The highest BCUT2D eigenvalue weighted by atomic mass is 32.1. The van der Waals surface area contributed by atoms with E-state index < -0.39 is 10.7 Å². The minimum atomic E-state index is -0.503. The van der Waals surface area contributed by atoms with Gasteiger partial charge in [-0.1, -0.05) is 6.07 Å². The summed E-state index contributed by atoms with van der Waals surface area (Å²) in [6.07, 6.45) is 3.35. The van der Waals surface area contributed by atoms with Crippen molar-refractivity contribution in [3.05, 3.63) is 69.6 Å². The molecule has 21 heavy (non-hydrogen) atoms. The molecule has 5 nitrogen and oxygen atoms in total. The number of hydrogen-bond donors (Lipinski definition) is 0. The molecule has 0 aliphatic carbocycles. The molecule has 0 aliphatic heterocycles. The number of halogens is 1. The zero-order valence-corrected chi connectivity index (χ0v) is 11.6. The fourth-order valence-corrected chi connectivity index (χ4v) is 2.85. The molecule has 0 N–H and O–H groups in total. The molecular formula is C14H10FN3O2S. The lowest BCUT2D eigenvalue weighted by Gasteiger charge is -2.07. The first-order chi connectivity index (χ1) is 10.1. The van der Waals surface area contributed by atoms with Gasteiger partial charge >= 0.3 is 0 Å². The van der Waals surface area contributed by atoms with Crippen molar-refractivity contribution in [2.45, 2.75) is 6.54 Å². The Hall–Kier alpha value is -2.54. The molecule has 7 heteroatoms. The maximum atomic E-state index is 13.4. The van der Waals surface area contributed by atoms with Crippen LogP contribution in [0.4, 0.5) is 10.1 Å². The zero-order valence-electron chi connectivity index (χ0n) is 10.8. The fourth-order valence-electron chi connectivity index (χ4n) is 2.11. The highest BCUT2D eigenvalue weighted by Gasteiger charge is 2.16. The van der Waals surface area contributed by atoms with Crippen molar-refractivity contribution in [2.24, 2.45) is 0 Å². The average Bonchev–Trinajstić information content (AvgIpc) is 3.08. The molecule has 0 spiro atoms. The second-order valence-corrected chi connectivity index (χ2v) is 5.33. The highest BCUT2D eigenvalue weighted by molar-refractivity contribution is 7.13. The quantitative estimate of drug-likeness (QED) is 0.545. The first-order valence-corrected chi connectivity index (χ1v) is 7.01. The summed E-state index contributed by atoms with van der Waals surface area (Å²) < 4.78 is 15.1. The van der Waals surface area contributed by atoms with E-state index in [0.717, 1.165) is 10.9 Å². The van der Waals surface area contributed by atoms with Gasteiger partial charge in [0.05, 0.1) is 21.9 Å². The number of nitro groups is 1. The van der Waals surface area contributed by atoms with Crippen LogP contribution in [0.15, 0.2) is 48.1 Å². The van der Waals surface area contributed by atoms with Crippen molar-refractivity contribution in [1.29, 1.82) is 0 Å². The van der Waals surface area contributed by atoms with Gasteiger partial charge in [0.1, 0.15) is 11.6 Å². The Morgan fingerprint density at radius 1 is 1.38 bits per heavy atom. The van der Waals surface area contributed by atoms with E-state index in [2.05, 4.69) is 4.98 Å². The maximum Gasteiger partial charge on any atom is 0.274 e. The van der Waals surface area contributed by atoms with Gasteiger partial charge in [-0.25, -0.2) is 9.37 Å². The van der Waals surface area contributed by atoms with Gasteiger partial charge in [0.15, 0.2) is 0 Å². The van der Waals surface area contributed by atoms with E-state index in [0.29, 0.717) is 11.4 Å². The second kappa shape index (κ2) is 5.45. The smallest absolute Gasteiger partial charge is 0.274 e. The monoisotopic (exact) mass is 303 g/mol. The van der Waals surface area contributed by atoms with Gasteiger partial charge in [0.2, 0.25) is 0 Å². The molecular weight excluding hydrogens is 293 g/mol. The molecule has 0 unspecified atom stereocenters. The molecule has 0 amide bonds. The molecule has 0 fully saturated rings. The lowest BCUT2D eigenvalue weighted by atomic mass is 10.1. The van der Waals surface area contributed by atoms with Crippen molar-refractivity contribution >= 4 is 17.0 Å². The Kier molecular flexibility index (Phi) is 3.49. The van der Waals surface area contributed by atoms with Crippen LogP contribution in [0.25, 0.3) is 10.7 Å². The molecule has 1 aromatic carbocycles. The third-order valence-corrected chi connectivity index (χ3v) is 3.90. The summed E-state index contributed by atoms with van der Waals surface area (Å²) >= 11 is 1.53. The predicted octanol–water partition coefficient (Wildman–Crippen LogP) is 3.71. The van der Waals surface area contributed by atoms with Gasteiger partial charge in [-0.15, -0.1) is 11.3 Å². The largest absolute Gasteiger partial charge is 0.326 e. The zero-order chi connectivity index (χ0) is 14.8. The Morgan fingerprint density at radius 2 is 2.24 bits per heavy atom. The number of rotatable bonds is 4. The number of nitro benzene ring substituents is 1. The van der Waals surface area contributed by atoms with Crippen LogP contribution in [0, 0.1) is 15.9 Å². The Labute approximate surface area is 123 Å². The number of imidazole rings is 1. The van der Waals surface area contributed by atoms with Crippen molar-refractivity contribution < 1.29 is 9.31 Å². The molecule has 2 aromatic heterocycles. The van der Waals surface area contributed by atoms with Crippen LogP contribution in [-0.4, -0.2) is 14.5 Å². The van der Waals surface area contributed by atoms with Crippen LogP contribution >= 0.6 is 11.3 Å². The summed E-state index contributed by atoms with van der Waals surface area (Å²) in [4.78, 5) is 15.8. The molecule has 0 bridgehead atoms. The highest BCUT2D eigenvalue weighted by Crippen LogP contribution is 2.26. The van der Waals surface area contributed by atoms with Crippen LogP contribution in [0.5, 0.6) is 0 Å². The molecule has 0 atom stereocenters. The van der Waals surface area contributed by atoms with Gasteiger partial charge in [-0.2, -0.15) is 0 Å². The van der Waals surface area contributed by atoms with Crippen LogP contribution < -0.4 is 0 Å². The standard InChI is InChI=1S/C14H10FN3O2S/c15-11-3-4-12(18(19)20)10(8-11)9-17-6-5-16-14(17)13-2-1-7-21-13/h1-8H,9H2. The molecule has 3 rings (SSSR count). The molecule has 0 aliphatic rings. The van der Waals surface area contributed by atoms with Crippen molar-refractivity contribution in [3.63, 3.8) is 0 Å². The van der Waals surface area contributed by atoms with Gasteiger partial charge in [-0.05, 0) is 23.6 Å². The summed E-state index contributed by atoms with van der Waals surface area (Å²) in [5, 5.41) is 13.0. The average molecular weight is 303 g/mol. The number of aromatic nitrogens is 2. The third-order valence-electron chi connectivity index (χ3n) is 3.04. The van der Waals surface area contributed by atoms with Crippen LogP contribution in [0.1, 0.15) is 5.56 Å². The van der Waals surface area contributed by atoms with Gasteiger partial charge < -0.3 is 4.57 Å². The molecule has 0 radical (unpaired) electrons. The predicted molar refractivity (Wildman–Crippen MR) is 77.7 cm³/mol. The minimum Gasteiger partial charge on any atom is -0.326 e. The summed E-state index contributed by atoms with van der Waals surface area (Å²) in [6, 6.07) is 7.30. The van der Waals surface area contributed by atoms with E-state index in [1.165, 1.54) is 23.5 Å². The molecule has 0 saturated heterocycles. The third kappa shape index (κ3) is 2.68. The van der Waals surface area contributed by atoms with E-state index in [4.69, 9.17) is 0 Å². The second-order valence-electron chi connectivity index (χ2n) is 4.39. The van der Waals surface area contributed by atoms with E-state index in [9.17, 15) is 14.5 Å². The SMILES string of the molecule is O=[N+]([O-])c1ccc(F)cc1Cn1ccnc1-c1cccs1. The van der Waals surface area contributed by atoms with E-state index >= 15 is 0 Å². The summed E-state index contributed by atoms with van der Waals surface area (Å²) in [6.45, 7) is 0.196. The number of nitrogens with zero attached hydrogens (tertiary/aromatic N) is 3.